The highest BCUT2D eigenvalue weighted by molar-refractivity contribution is 7.92. The van der Waals surface area contributed by atoms with Gasteiger partial charge in [0.2, 0.25) is 0 Å². The first kappa shape index (κ1) is 15.3. The van der Waals surface area contributed by atoms with Gasteiger partial charge in [-0.15, -0.1) is 11.3 Å². The van der Waals surface area contributed by atoms with Crippen molar-refractivity contribution in [3.05, 3.63) is 40.6 Å². The number of nitrogens with one attached hydrogen (secondary N) is 1. The lowest BCUT2D eigenvalue weighted by Crippen LogP contribution is -2.13. The fourth-order valence-electron chi connectivity index (χ4n) is 1.61. The molecule has 21 heavy (non-hydrogen) atoms. The van der Waals surface area contributed by atoms with Crippen molar-refractivity contribution in [3.8, 4) is 5.75 Å². The van der Waals surface area contributed by atoms with E-state index in [1.165, 1.54) is 5.38 Å². The zero-order valence-corrected chi connectivity index (χ0v) is 12.7. The number of anilines is 1. The number of hydrogen-bond acceptors (Lipinski definition) is 5. The summed E-state index contributed by atoms with van der Waals surface area (Å²) in [5.74, 6) is -0.742. The van der Waals surface area contributed by atoms with Crippen LogP contribution in [0, 0.1) is 0 Å². The SMILES string of the molecule is CCOc1ccccc1NS(=O)(=O)c1csc(C(=O)O)c1. The van der Waals surface area contributed by atoms with Crippen LogP contribution in [0.15, 0.2) is 40.6 Å². The van der Waals surface area contributed by atoms with Gasteiger partial charge < -0.3 is 9.84 Å². The molecular formula is C13H13NO5S2. The maximum Gasteiger partial charge on any atom is 0.345 e. The number of ether oxygens (including phenoxy) is 1. The third-order valence-electron chi connectivity index (χ3n) is 2.53. The molecule has 0 fully saturated rings. The monoisotopic (exact) mass is 327 g/mol. The van der Waals surface area contributed by atoms with Gasteiger partial charge in [0.15, 0.2) is 0 Å². The quantitative estimate of drug-likeness (QED) is 0.851. The van der Waals surface area contributed by atoms with Crippen LogP contribution in [0.5, 0.6) is 5.75 Å². The van der Waals surface area contributed by atoms with E-state index in [4.69, 9.17) is 9.84 Å². The predicted octanol–water partition coefficient (Wildman–Crippen LogP) is 2.65. The van der Waals surface area contributed by atoms with Gasteiger partial charge in [0, 0.05) is 5.38 Å². The highest BCUT2D eigenvalue weighted by atomic mass is 32.2. The molecule has 2 N–H and O–H groups in total. The molecule has 0 atom stereocenters. The van der Waals surface area contributed by atoms with Crippen LogP contribution in [-0.2, 0) is 10.0 Å². The molecule has 0 saturated heterocycles. The molecule has 0 unspecified atom stereocenters. The predicted molar refractivity (Wildman–Crippen MR) is 79.7 cm³/mol. The molecule has 0 aliphatic rings. The van der Waals surface area contributed by atoms with Crippen molar-refractivity contribution in [2.75, 3.05) is 11.3 Å². The molecule has 1 aromatic carbocycles. The van der Waals surface area contributed by atoms with E-state index in [-0.39, 0.29) is 9.77 Å². The van der Waals surface area contributed by atoms with Crippen LogP contribution in [0.3, 0.4) is 0 Å². The van der Waals surface area contributed by atoms with Crippen molar-refractivity contribution in [1.29, 1.82) is 0 Å². The lowest BCUT2D eigenvalue weighted by atomic mass is 10.3. The molecule has 8 heteroatoms. The maximum atomic E-state index is 12.2. The second kappa shape index (κ2) is 6.15. The minimum atomic E-state index is -3.85. The number of carboxylic acids is 1. The van der Waals surface area contributed by atoms with Crippen LogP contribution in [0.4, 0.5) is 5.69 Å². The molecule has 112 valence electrons. The fraction of sp³-hybridized carbons (Fsp3) is 0.154. The van der Waals surface area contributed by atoms with E-state index >= 15 is 0 Å². The Labute approximate surface area is 126 Å². The Morgan fingerprint density at radius 1 is 1.38 bits per heavy atom. The summed E-state index contributed by atoms with van der Waals surface area (Å²) in [6.45, 7) is 2.20. The third-order valence-corrected chi connectivity index (χ3v) is 4.94. The lowest BCUT2D eigenvalue weighted by Gasteiger charge is -2.11. The van der Waals surface area contributed by atoms with Gasteiger partial charge in [0.05, 0.1) is 17.2 Å². The van der Waals surface area contributed by atoms with Crippen molar-refractivity contribution in [3.63, 3.8) is 0 Å². The Balaban J connectivity index is 2.30. The molecule has 1 aromatic heterocycles. The highest BCUT2D eigenvalue weighted by Gasteiger charge is 2.20. The summed E-state index contributed by atoms with van der Waals surface area (Å²) < 4.78 is 32.2. The van der Waals surface area contributed by atoms with Crippen molar-refractivity contribution in [2.24, 2.45) is 0 Å². The van der Waals surface area contributed by atoms with Crippen LogP contribution >= 0.6 is 11.3 Å². The van der Waals surface area contributed by atoms with Crippen LogP contribution in [0.25, 0.3) is 0 Å². The van der Waals surface area contributed by atoms with Crippen LogP contribution in [0.1, 0.15) is 16.6 Å². The molecular weight excluding hydrogens is 314 g/mol. The number of thiophene rings is 1. The molecule has 0 amide bonds. The summed E-state index contributed by atoms with van der Waals surface area (Å²) in [7, 11) is -3.85. The number of hydrogen-bond donors (Lipinski definition) is 2. The second-order valence-electron chi connectivity index (χ2n) is 3.99. The topological polar surface area (TPSA) is 92.7 Å². The number of para-hydroxylation sites is 2. The second-order valence-corrected chi connectivity index (χ2v) is 6.58. The molecule has 0 saturated carbocycles. The summed E-state index contributed by atoms with van der Waals surface area (Å²) in [4.78, 5) is 10.7. The normalized spacial score (nSPS) is 11.1. The molecule has 2 rings (SSSR count). The Morgan fingerprint density at radius 2 is 2.10 bits per heavy atom. The maximum absolute atomic E-state index is 12.2. The van der Waals surface area contributed by atoms with Gasteiger partial charge in [-0.25, -0.2) is 13.2 Å². The number of sulfonamides is 1. The average molecular weight is 327 g/mol. The van der Waals surface area contributed by atoms with Gasteiger partial charge in [-0.2, -0.15) is 0 Å². The van der Waals surface area contributed by atoms with Gasteiger partial charge in [-0.3, -0.25) is 4.72 Å². The summed E-state index contributed by atoms with van der Waals surface area (Å²) in [6.07, 6.45) is 0. The summed E-state index contributed by atoms with van der Waals surface area (Å²) in [5, 5.41) is 10.1. The summed E-state index contributed by atoms with van der Waals surface area (Å²) in [6, 6.07) is 7.76. The number of carboxylic acid groups (broad SMARTS) is 1. The highest BCUT2D eigenvalue weighted by Crippen LogP contribution is 2.28. The Morgan fingerprint density at radius 3 is 2.71 bits per heavy atom. The molecule has 0 spiro atoms. The van der Waals surface area contributed by atoms with Gasteiger partial charge in [0.1, 0.15) is 10.6 Å². The molecule has 2 aromatic rings. The Kier molecular flexibility index (Phi) is 4.49. The van der Waals surface area contributed by atoms with Gasteiger partial charge >= 0.3 is 5.97 Å². The number of benzene rings is 1. The first-order chi connectivity index (χ1) is 9.94. The van der Waals surface area contributed by atoms with Crippen molar-refractivity contribution >= 4 is 33.0 Å². The minimum absolute atomic E-state index is 0.0338. The number of rotatable bonds is 6. The van der Waals surface area contributed by atoms with Crippen LogP contribution < -0.4 is 9.46 Å². The van der Waals surface area contributed by atoms with Crippen molar-refractivity contribution in [1.82, 2.24) is 0 Å². The standard InChI is InChI=1S/C13H13NO5S2/c1-2-19-11-6-4-3-5-10(11)14-21(17,18)9-7-12(13(15)16)20-8-9/h3-8,14H,2H2,1H3,(H,15,16). The molecule has 0 radical (unpaired) electrons. The molecule has 0 bridgehead atoms. The lowest BCUT2D eigenvalue weighted by molar-refractivity contribution is 0.0702. The Bertz CT molecular complexity index is 751. The van der Waals surface area contributed by atoms with E-state index in [0.717, 1.165) is 17.4 Å². The fourth-order valence-corrected chi connectivity index (χ4v) is 3.79. The smallest absolute Gasteiger partial charge is 0.345 e. The van der Waals surface area contributed by atoms with Crippen LogP contribution in [0.2, 0.25) is 0 Å². The number of carbonyl (C=O) groups is 1. The van der Waals surface area contributed by atoms with E-state index in [0.29, 0.717) is 18.0 Å². The van der Waals surface area contributed by atoms with E-state index < -0.39 is 16.0 Å². The third kappa shape index (κ3) is 3.53. The van der Waals surface area contributed by atoms with Gasteiger partial charge in [-0.1, -0.05) is 12.1 Å². The van der Waals surface area contributed by atoms with Gasteiger partial charge in [0.25, 0.3) is 10.0 Å². The first-order valence-corrected chi connectivity index (χ1v) is 8.37. The van der Waals surface area contributed by atoms with Crippen molar-refractivity contribution < 1.29 is 23.1 Å². The zero-order valence-electron chi connectivity index (χ0n) is 11.1. The first-order valence-electron chi connectivity index (χ1n) is 6.00. The summed E-state index contributed by atoms with van der Waals surface area (Å²) in [5.41, 5.74) is 0.308. The molecule has 0 aliphatic carbocycles. The molecule has 6 nitrogen and oxygen atoms in total. The van der Waals surface area contributed by atoms with E-state index in [9.17, 15) is 13.2 Å². The Hall–Kier alpha value is -2.06. The average Bonchev–Trinajstić information content (AvgIpc) is 2.92. The zero-order chi connectivity index (χ0) is 15.5. The number of aromatic carboxylic acids is 1. The van der Waals surface area contributed by atoms with Crippen LogP contribution in [-0.4, -0.2) is 26.1 Å². The van der Waals surface area contributed by atoms with E-state index in [2.05, 4.69) is 4.72 Å². The summed E-state index contributed by atoms with van der Waals surface area (Å²) >= 11 is 0.860. The van der Waals surface area contributed by atoms with E-state index in [1.807, 2.05) is 0 Å². The van der Waals surface area contributed by atoms with Gasteiger partial charge in [-0.05, 0) is 25.1 Å². The molecule has 0 aliphatic heterocycles. The largest absolute Gasteiger partial charge is 0.492 e. The van der Waals surface area contributed by atoms with E-state index in [1.54, 1.807) is 31.2 Å². The van der Waals surface area contributed by atoms with Crippen molar-refractivity contribution in [2.45, 2.75) is 11.8 Å². The minimum Gasteiger partial charge on any atom is -0.492 e. The molecule has 1 heterocycles.